The minimum atomic E-state index is -0.623. The van der Waals surface area contributed by atoms with E-state index in [1.807, 2.05) is 11.8 Å². The molecule has 0 aromatic carbocycles. The molecule has 5 heteroatoms. The number of hydrogen-bond acceptors (Lipinski definition) is 3. The molecule has 2 rings (SSSR count). The second kappa shape index (κ2) is 7.05. The smallest absolute Gasteiger partial charge is 0.168 e. The van der Waals surface area contributed by atoms with Gasteiger partial charge in [-0.1, -0.05) is 20.8 Å². The van der Waals surface area contributed by atoms with Crippen molar-refractivity contribution in [2.75, 3.05) is 29.9 Å². The Morgan fingerprint density at radius 1 is 1.29 bits per heavy atom. The third kappa shape index (κ3) is 3.83. The average molecular weight is 297 g/mol. The number of nitrogens with one attached hydrogen (secondary N) is 1. The number of pyridine rings is 1. The SMILES string of the molecule is CCCNc1nc(N2CCC(C(C)C)CC2)c(F)cc1F. The molecule has 0 spiro atoms. The molecule has 1 aromatic rings. The molecule has 118 valence electrons. The Kier molecular flexibility index (Phi) is 5.37. The lowest BCUT2D eigenvalue weighted by molar-refractivity contribution is 0.309. The molecule has 0 aliphatic carbocycles. The predicted octanol–water partition coefficient (Wildman–Crippen LogP) is 4.05. The summed E-state index contributed by atoms with van der Waals surface area (Å²) >= 11 is 0. The van der Waals surface area contributed by atoms with Crippen LogP contribution in [0.15, 0.2) is 6.07 Å². The highest BCUT2D eigenvalue weighted by Crippen LogP contribution is 2.29. The van der Waals surface area contributed by atoms with Gasteiger partial charge in [0.2, 0.25) is 0 Å². The summed E-state index contributed by atoms with van der Waals surface area (Å²) in [7, 11) is 0. The molecule has 21 heavy (non-hydrogen) atoms. The lowest BCUT2D eigenvalue weighted by Crippen LogP contribution is -2.36. The Bertz CT molecular complexity index is 469. The van der Waals surface area contributed by atoms with E-state index in [1.54, 1.807) is 0 Å². The van der Waals surface area contributed by atoms with E-state index in [0.717, 1.165) is 38.4 Å². The number of nitrogens with zero attached hydrogens (tertiary/aromatic N) is 2. The molecule has 0 saturated carbocycles. The second-order valence-corrected chi connectivity index (χ2v) is 6.12. The third-order valence-corrected chi connectivity index (χ3v) is 4.24. The average Bonchev–Trinajstić information content (AvgIpc) is 2.46. The number of aromatic nitrogens is 1. The molecule has 1 aromatic heterocycles. The van der Waals surface area contributed by atoms with Gasteiger partial charge in [0.1, 0.15) is 0 Å². The van der Waals surface area contributed by atoms with Crippen LogP contribution in [0.3, 0.4) is 0 Å². The van der Waals surface area contributed by atoms with Crippen molar-refractivity contribution in [3.05, 3.63) is 17.7 Å². The fraction of sp³-hybridized carbons (Fsp3) is 0.688. The lowest BCUT2D eigenvalue weighted by atomic mass is 9.87. The van der Waals surface area contributed by atoms with Crippen LogP contribution in [0.4, 0.5) is 20.4 Å². The standard InChI is InChI=1S/C16H25F2N3/c1-4-7-19-15-13(17)10-14(18)16(20-15)21-8-5-12(6-9-21)11(2)3/h10-12H,4-9H2,1-3H3,(H,19,20). The van der Waals surface area contributed by atoms with Gasteiger partial charge in [0, 0.05) is 25.7 Å². The van der Waals surface area contributed by atoms with Crippen molar-refractivity contribution in [2.45, 2.75) is 40.0 Å². The summed E-state index contributed by atoms with van der Waals surface area (Å²) in [5.74, 6) is 0.568. The maximum atomic E-state index is 14.0. The number of rotatable bonds is 5. The van der Waals surface area contributed by atoms with Gasteiger partial charge in [0.15, 0.2) is 23.3 Å². The van der Waals surface area contributed by atoms with Gasteiger partial charge >= 0.3 is 0 Å². The third-order valence-electron chi connectivity index (χ3n) is 4.24. The summed E-state index contributed by atoms with van der Waals surface area (Å²) in [6.07, 6.45) is 2.94. The van der Waals surface area contributed by atoms with Crippen molar-refractivity contribution in [1.29, 1.82) is 0 Å². The van der Waals surface area contributed by atoms with E-state index in [0.29, 0.717) is 18.4 Å². The molecule has 0 amide bonds. The van der Waals surface area contributed by atoms with E-state index in [2.05, 4.69) is 24.1 Å². The van der Waals surface area contributed by atoms with Crippen LogP contribution in [0, 0.1) is 23.5 Å². The fourth-order valence-electron chi connectivity index (χ4n) is 2.82. The van der Waals surface area contributed by atoms with E-state index in [9.17, 15) is 8.78 Å². The van der Waals surface area contributed by atoms with E-state index in [1.165, 1.54) is 0 Å². The zero-order valence-corrected chi connectivity index (χ0v) is 13.1. The van der Waals surface area contributed by atoms with Gasteiger partial charge in [-0.15, -0.1) is 0 Å². The van der Waals surface area contributed by atoms with Gasteiger partial charge in [-0.2, -0.15) is 0 Å². The zero-order chi connectivity index (χ0) is 15.4. The van der Waals surface area contributed by atoms with E-state index < -0.39 is 11.6 Å². The van der Waals surface area contributed by atoms with Crippen LogP contribution >= 0.6 is 0 Å². The molecule has 1 saturated heterocycles. The largest absolute Gasteiger partial charge is 0.368 e. The number of hydrogen-bond donors (Lipinski definition) is 1. The molecule has 0 radical (unpaired) electrons. The molecule has 0 unspecified atom stereocenters. The van der Waals surface area contributed by atoms with Crippen molar-refractivity contribution >= 4 is 11.6 Å². The quantitative estimate of drug-likeness (QED) is 0.888. The highest BCUT2D eigenvalue weighted by Gasteiger charge is 2.25. The topological polar surface area (TPSA) is 28.2 Å². The van der Waals surface area contributed by atoms with Gasteiger partial charge in [-0.25, -0.2) is 13.8 Å². The molecule has 1 aliphatic heterocycles. The summed E-state index contributed by atoms with van der Waals surface area (Å²) in [4.78, 5) is 6.10. The number of piperidine rings is 1. The minimum absolute atomic E-state index is 0.152. The highest BCUT2D eigenvalue weighted by molar-refractivity contribution is 5.49. The molecular formula is C16H25F2N3. The van der Waals surface area contributed by atoms with Crippen LogP contribution in [0.2, 0.25) is 0 Å². The summed E-state index contributed by atoms with van der Waals surface area (Å²) in [5.41, 5.74) is 0. The Balaban J connectivity index is 2.12. The van der Waals surface area contributed by atoms with Gasteiger partial charge in [0.05, 0.1) is 0 Å². The number of halogens is 2. The first-order valence-electron chi connectivity index (χ1n) is 7.87. The predicted molar refractivity (Wildman–Crippen MR) is 82.7 cm³/mol. The zero-order valence-electron chi connectivity index (χ0n) is 13.1. The van der Waals surface area contributed by atoms with Crippen LogP contribution in [0.5, 0.6) is 0 Å². The maximum absolute atomic E-state index is 14.0. The first-order valence-corrected chi connectivity index (χ1v) is 7.87. The first kappa shape index (κ1) is 16.0. The Labute approximate surface area is 125 Å². The molecule has 0 atom stereocenters. The normalized spacial score (nSPS) is 16.6. The van der Waals surface area contributed by atoms with Crippen molar-refractivity contribution < 1.29 is 8.78 Å². The van der Waals surface area contributed by atoms with Gasteiger partial charge < -0.3 is 10.2 Å². The summed E-state index contributed by atoms with van der Waals surface area (Å²) in [6, 6.07) is 0.939. The van der Waals surface area contributed by atoms with Crippen molar-refractivity contribution in [3.63, 3.8) is 0 Å². The van der Waals surface area contributed by atoms with Gasteiger partial charge in [0.25, 0.3) is 0 Å². The van der Waals surface area contributed by atoms with E-state index >= 15 is 0 Å². The Morgan fingerprint density at radius 3 is 2.52 bits per heavy atom. The lowest BCUT2D eigenvalue weighted by Gasteiger charge is -2.34. The molecule has 3 nitrogen and oxygen atoms in total. The van der Waals surface area contributed by atoms with Crippen LogP contribution in [-0.2, 0) is 0 Å². The van der Waals surface area contributed by atoms with E-state index in [-0.39, 0.29) is 11.6 Å². The number of anilines is 2. The molecule has 1 aliphatic rings. The first-order chi connectivity index (χ1) is 10.0. The molecule has 0 bridgehead atoms. The monoisotopic (exact) mass is 297 g/mol. The minimum Gasteiger partial charge on any atom is -0.368 e. The van der Waals surface area contributed by atoms with Crippen LogP contribution in [0.1, 0.15) is 40.0 Å². The van der Waals surface area contributed by atoms with Crippen LogP contribution < -0.4 is 10.2 Å². The van der Waals surface area contributed by atoms with Crippen molar-refractivity contribution in [1.82, 2.24) is 4.98 Å². The Morgan fingerprint density at radius 2 is 1.95 bits per heavy atom. The van der Waals surface area contributed by atoms with Crippen molar-refractivity contribution in [3.8, 4) is 0 Å². The maximum Gasteiger partial charge on any atom is 0.168 e. The highest BCUT2D eigenvalue weighted by atomic mass is 19.1. The molecule has 1 N–H and O–H groups in total. The molecule has 1 fully saturated rings. The van der Waals surface area contributed by atoms with Crippen molar-refractivity contribution in [2.24, 2.45) is 11.8 Å². The van der Waals surface area contributed by atoms with Crippen LogP contribution in [0.25, 0.3) is 0 Å². The Hall–Kier alpha value is -1.39. The van der Waals surface area contributed by atoms with Gasteiger partial charge in [-0.3, -0.25) is 0 Å². The van der Waals surface area contributed by atoms with E-state index in [4.69, 9.17) is 0 Å². The van der Waals surface area contributed by atoms with Gasteiger partial charge in [-0.05, 0) is 31.1 Å². The summed E-state index contributed by atoms with van der Waals surface area (Å²) in [6.45, 7) is 8.64. The summed E-state index contributed by atoms with van der Waals surface area (Å²) in [5, 5.41) is 2.92. The molecular weight excluding hydrogens is 272 g/mol. The van der Waals surface area contributed by atoms with Crippen LogP contribution in [-0.4, -0.2) is 24.6 Å². The fourth-order valence-corrected chi connectivity index (χ4v) is 2.82. The second-order valence-electron chi connectivity index (χ2n) is 6.12. The summed E-state index contributed by atoms with van der Waals surface area (Å²) < 4.78 is 27.7. The molecule has 2 heterocycles.